The van der Waals surface area contributed by atoms with Crippen LogP contribution < -0.4 is 9.79 Å². The Morgan fingerprint density at radius 1 is 1.44 bits per heavy atom. The number of rotatable bonds is 3. The molecule has 1 aromatic carbocycles. The first-order valence-corrected chi connectivity index (χ1v) is 4.86. The number of benzene rings is 1. The second kappa shape index (κ2) is 4.24. The summed E-state index contributed by atoms with van der Waals surface area (Å²) in [6.07, 6.45) is 0. The molecule has 0 aliphatic rings. The van der Waals surface area contributed by atoms with E-state index >= 15 is 0 Å². The van der Waals surface area contributed by atoms with E-state index in [4.69, 9.17) is 0 Å². The van der Waals surface area contributed by atoms with Gasteiger partial charge in [-0.15, -0.1) is 0 Å². The fraction of sp³-hybridized carbons (Fsp3) is 0.100. The maximum atomic E-state index is 11.3. The Morgan fingerprint density at radius 2 is 2.11 bits per heavy atom. The maximum Gasteiger partial charge on any atom is 0.342 e. The van der Waals surface area contributed by atoms with Crippen LogP contribution in [0.25, 0.3) is 5.69 Å². The molecule has 18 heavy (non-hydrogen) atoms. The van der Waals surface area contributed by atoms with E-state index in [0.29, 0.717) is 0 Å². The van der Waals surface area contributed by atoms with E-state index < -0.39 is 16.7 Å². The number of ketones is 1. The first-order valence-electron chi connectivity index (χ1n) is 4.86. The number of carbonyl (C=O) groups excluding carboxylic acids is 1. The third-order valence-electron chi connectivity index (χ3n) is 2.25. The predicted molar refractivity (Wildman–Crippen MR) is 54.1 cm³/mol. The number of nitro benzene ring substituents is 1. The van der Waals surface area contributed by atoms with Gasteiger partial charge in [0.05, 0.1) is 10.2 Å². The highest BCUT2D eigenvalue weighted by atomic mass is 16.6. The second-order valence-corrected chi connectivity index (χ2v) is 3.42. The minimum Gasteiger partial charge on any atom is -0.539 e. The lowest BCUT2D eigenvalue weighted by Gasteiger charge is -1.95. The van der Waals surface area contributed by atoms with Gasteiger partial charge in [0, 0.05) is 19.1 Å². The van der Waals surface area contributed by atoms with Gasteiger partial charge in [0.1, 0.15) is 0 Å². The van der Waals surface area contributed by atoms with Crippen molar-refractivity contribution in [1.82, 2.24) is 5.27 Å². The van der Waals surface area contributed by atoms with Crippen molar-refractivity contribution in [2.24, 2.45) is 0 Å². The molecule has 0 amide bonds. The van der Waals surface area contributed by atoms with Crippen molar-refractivity contribution in [2.45, 2.75) is 6.92 Å². The summed E-state index contributed by atoms with van der Waals surface area (Å²) in [6, 6.07) is 5.60. The molecular weight excluding hydrogens is 242 g/mol. The molecule has 0 saturated heterocycles. The number of Topliss-reactive ketones (excluding diaryl/α,β-unsaturated/α-hetero) is 1. The smallest absolute Gasteiger partial charge is 0.342 e. The van der Waals surface area contributed by atoms with Crippen molar-refractivity contribution in [3.63, 3.8) is 0 Å². The third kappa shape index (κ3) is 1.79. The normalized spacial score (nSPS) is 10.3. The molecule has 0 saturated carbocycles. The summed E-state index contributed by atoms with van der Waals surface area (Å²) < 4.78 is 5.20. The topological polar surface area (TPSA) is 113 Å². The average molecular weight is 249 g/mol. The number of carbonyl (C=O) groups is 1. The SMILES string of the molecule is CC(=O)c1c([O-])on[n+]1-c1ccccc1[N+](=O)[O-]. The van der Waals surface area contributed by atoms with Crippen molar-refractivity contribution < 1.29 is 24.0 Å². The van der Waals surface area contributed by atoms with E-state index in [2.05, 4.69) is 9.79 Å². The molecule has 92 valence electrons. The molecule has 0 N–H and O–H groups in total. The highest BCUT2D eigenvalue weighted by Gasteiger charge is 2.30. The van der Waals surface area contributed by atoms with E-state index in [1.54, 1.807) is 0 Å². The van der Waals surface area contributed by atoms with Gasteiger partial charge < -0.3 is 9.63 Å². The number of nitrogens with zero attached hydrogens (tertiary/aromatic N) is 3. The van der Waals surface area contributed by atoms with Crippen LogP contribution in [0, 0.1) is 10.1 Å². The van der Waals surface area contributed by atoms with Gasteiger partial charge in [-0.1, -0.05) is 12.1 Å². The summed E-state index contributed by atoms with van der Waals surface area (Å²) >= 11 is 0. The summed E-state index contributed by atoms with van der Waals surface area (Å²) in [7, 11) is 0. The Morgan fingerprint density at radius 3 is 2.72 bits per heavy atom. The maximum absolute atomic E-state index is 11.3. The zero-order chi connectivity index (χ0) is 13.3. The first-order chi connectivity index (χ1) is 8.52. The Kier molecular flexibility index (Phi) is 2.76. The van der Waals surface area contributed by atoms with Gasteiger partial charge in [0.25, 0.3) is 0 Å². The van der Waals surface area contributed by atoms with E-state index in [0.717, 1.165) is 11.6 Å². The molecule has 0 aliphatic carbocycles. The summed E-state index contributed by atoms with van der Waals surface area (Å²) in [5.41, 5.74) is -0.638. The summed E-state index contributed by atoms with van der Waals surface area (Å²) in [5.74, 6) is -1.51. The van der Waals surface area contributed by atoms with Crippen LogP contribution in [0.2, 0.25) is 0 Å². The summed E-state index contributed by atoms with van der Waals surface area (Å²) in [4.78, 5) is 21.5. The molecule has 0 radical (unpaired) electrons. The van der Waals surface area contributed by atoms with Crippen LogP contribution in [0.15, 0.2) is 28.8 Å². The van der Waals surface area contributed by atoms with Crippen molar-refractivity contribution in [2.75, 3.05) is 0 Å². The van der Waals surface area contributed by atoms with E-state index in [-0.39, 0.29) is 17.1 Å². The lowest BCUT2D eigenvalue weighted by atomic mass is 10.2. The van der Waals surface area contributed by atoms with Crippen LogP contribution in [0.3, 0.4) is 0 Å². The zero-order valence-corrected chi connectivity index (χ0v) is 9.19. The predicted octanol–water partition coefficient (Wildman–Crippen LogP) is 0.136. The van der Waals surface area contributed by atoms with Gasteiger partial charge >= 0.3 is 17.1 Å². The minimum absolute atomic E-state index is 0.00134. The third-order valence-corrected chi connectivity index (χ3v) is 2.25. The van der Waals surface area contributed by atoms with Gasteiger partial charge in [-0.25, -0.2) is 0 Å². The second-order valence-electron chi connectivity index (χ2n) is 3.42. The van der Waals surface area contributed by atoms with Crippen LogP contribution in [0.4, 0.5) is 5.69 Å². The molecule has 0 fully saturated rings. The molecule has 1 heterocycles. The standard InChI is InChI=1S/C10H7N3O5/c1-6(14)9-10(15)18-11-12(9)7-4-2-3-5-8(7)13(16)17/h2-5H,1H3. The first kappa shape index (κ1) is 11.7. The molecule has 1 aromatic heterocycles. The molecular formula is C10H7N3O5. The molecule has 0 bridgehead atoms. The van der Waals surface area contributed by atoms with Crippen molar-refractivity contribution >= 4 is 11.5 Å². The molecule has 0 unspecified atom stereocenters. The molecule has 2 rings (SSSR count). The zero-order valence-electron chi connectivity index (χ0n) is 9.19. The quantitative estimate of drug-likeness (QED) is 0.331. The van der Waals surface area contributed by atoms with E-state index in [9.17, 15) is 20.0 Å². The van der Waals surface area contributed by atoms with Gasteiger partial charge in [-0.2, -0.15) is 0 Å². The molecule has 8 heteroatoms. The fourth-order valence-corrected chi connectivity index (χ4v) is 1.50. The minimum atomic E-state index is -0.930. The monoisotopic (exact) mass is 249 g/mol. The van der Waals surface area contributed by atoms with Crippen LogP contribution >= 0.6 is 0 Å². The average Bonchev–Trinajstić information content (AvgIpc) is 2.71. The fourth-order valence-electron chi connectivity index (χ4n) is 1.50. The Labute approximate surface area is 100 Å². The largest absolute Gasteiger partial charge is 0.539 e. The van der Waals surface area contributed by atoms with E-state index in [1.807, 2.05) is 0 Å². The molecule has 2 aromatic rings. The number of para-hydroxylation sites is 2. The van der Waals surface area contributed by atoms with Gasteiger partial charge in [0.15, 0.2) is 5.95 Å². The molecule has 0 aliphatic heterocycles. The van der Waals surface area contributed by atoms with Gasteiger partial charge in [0.2, 0.25) is 5.78 Å². The Balaban J connectivity index is 2.70. The van der Waals surface area contributed by atoms with Crippen molar-refractivity contribution in [3.05, 3.63) is 40.1 Å². The lowest BCUT2D eigenvalue weighted by molar-refractivity contribution is -0.675. The van der Waals surface area contributed by atoms with Crippen LogP contribution in [-0.2, 0) is 0 Å². The summed E-state index contributed by atoms with van der Waals surface area (Å²) in [5, 5.41) is 25.5. The number of hydrogen-bond acceptors (Lipinski definition) is 6. The number of aromatic nitrogens is 2. The Hall–Kier alpha value is -2.77. The van der Waals surface area contributed by atoms with Crippen LogP contribution in [0.1, 0.15) is 17.4 Å². The molecule has 0 atom stereocenters. The lowest BCUT2D eigenvalue weighted by Crippen LogP contribution is -2.39. The van der Waals surface area contributed by atoms with Crippen molar-refractivity contribution in [1.29, 1.82) is 0 Å². The van der Waals surface area contributed by atoms with E-state index in [1.165, 1.54) is 24.3 Å². The Bertz CT molecular complexity index is 634. The van der Waals surface area contributed by atoms with Crippen LogP contribution in [0.5, 0.6) is 5.95 Å². The summed E-state index contributed by atoms with van der Waals surface area (Å²) in [6.45, 7) is 1.15. The number of nitro groups is 1. The molecule has 0 spiro atoms. The van der Waals surface area contributed by atoms with Crippen LogP contribution in [-0.4, -0.2) is 16.0 Å². The number of hydrogen-bond donors (Lipinski definition) is 0. The van der Waals surface area contributed by atoms with Gasteiger partial charge in [-0.3, -0.25) is 14.9 Å². The molecule has 8 nitrogen and oxygen atoms in total. The highest BCUT2D eigenvalue weighted by molar-refractivity contribution is 5.92. The van der Waals surface area contributed by atoms with Crippen molar-refractivity contribution in [3.8, 4) is 11.6 Å². The highest BCUT2D eigenvalue weighted by Crippen LogP contribution is 2.19. The van der Waals surface area contributed by atoms with Gasteiger partial charge in [-0.05, 0) is 4.68 Å².